The first-order valence-electron chi connectivity index (χ1n) is 13.8. The van der Waals surface area contributed by atoms with Crippen LogP contribution in [0.4, 0.5) is 26.3 Å². The summed E-state index contributed by atoms with van der Waals surface area (Å²) in [6.07, 6.45) is -9.92. The molecule has 0 saturated carbocycles. The first-order chi connectivity index (χ1) is 19.8. The lowest BCUT2D eigenvalue weighted by Crippen LogP contribution is -2.66. The standard InChI is InChI=1S/C32H32F6N2O2/c1-39(2)30(41)26-18-40-14-13-25(26)29(28(40)27(21-9-5-3-6-10-21)22-11-7-4-8-12-22)42-19-20-15-23(31(33,34)35)17-24(16-20)32(36,37)38/h3-12,15-17,25-29H,13-14,18-19H2,1-2H3/t25-,26-,28+,29-/m0/s1. The molecule has 3 heterocycles. The molecule has 1 amide bonds. The van der Waals surface area contributed by atoms with Crippen LogP contribution < -0.4 is 0 Å². The molecule has 4 nitrogen and oxygen atoms in total. The lowest BCUT2D eigenvalue weighted by atomic mass is 9.67. The molecule has 5 atom stereocenters. The Bertz CT molecular complexity index is 1310. The highest BCUT2D eigenvalue weighted by molar-refractivity contribution is 5.79. The lowest BCUT2D eigenvalue weighted by Gasteiger charge is -2.56. The van der Waals surface area contributed by atoms with E-state index in [-0.39, 0.29) is 35.4 Å². The summed E-state index contributed by atoms with van der Waals surface area (Å²) in [5, 5.41) is 0. The molecule has 42 heavy (non-hydrogen) atoms. The van der Waals surface area contributed by atoms with E-state index >= 15 is 0 Å². The summed E-state index contributed by atoms with van der Waals surface area (Å²) in [4.78, 5) is 17.0. The van der Waals surface area contributed by atoms with Gasteiger partial charge in [0.25, 0.3) is 0 Å². The van der Waals surface area contributed by atoms with Gasteiger partial charge in [-0.05, 0) is 47.9 Å². The van der Waals surface area contributed by atoms with E-state index in [0.717, 1.165) is 11.1 Å². The second-order valence-corrected chi connectivity index (χ2v) is 11.3. The fraction of sp³-hybridized carbons (Fsp3) is 0.406. The van der Waals surface area contributed by atoms with E-state index in [9.17, 15) is 31.1 Å². The highest BCUT2D eigenvalue weighted by atomic mass is 19.4. The minimum Gasteiger partial charge on any atom is -0.372 e. The number of fused-ring (bicyclic) bond motifs is 3. The zero-order valence-corrected chi connectivity index (χ0v) is 23.2. The average Bonchev–Trinajstić information content (AvgIpc) is 2.96. The number of carbonyl (C=O) groups is 1. The van der Waals surface area contributed by atoms with Crippen molar-refractivity contribution in [3.8, 4) is 0 Å². The van der Waals surface area contributed by atoms with Gasteiger partial charge >= 0.3 is 12.4 Å². The molecule has 2 bridgehead atoms. The number of amides is 1. The quantitative estimate of drug-likeness (QED) is 0.282. The number of carbonyl (C=O) groups excluding carboxylic acids is 1. The van der Waals surface area contributed by atoms with E-state index < -0.39 is 42.1 Å². The molecule has 10 heteroatoms. The van der Waals surface area contributed by atoms with E-state index in [1.54, 1.807) is 14.1 Å². The van der Waals surface area contributed by atoms with Crippen LogP contribution in [0.1, 0.15) is 40.2 Å². The molecule has 6 rings (SSSR count). The summed E-state index contributed by atoms with van der Waals surface area (Å²) in [7, 11) is 3.34. The smallest absolute Gasteiger partial charge is 0.372 e. The molecule has 0 aliphatic carbocycles. The van der Waals surface area contributed by atoms with Gasteiger partial charge in [-0.25, -0.2) is 0 Å². The summed E-state index contributed by atoms with van der Waals surface area (Å²) in [5.41, 5.74) is -0.978. The van der Waals surface area contributed by atoms with Crippen LogP contribution >= 0.6 is 0 Å². The molecule has 0 N–H and O–H groups in total. The molecular formula is C32H32F6N2O2. The van der Waals surface area contributed by atoms with Gasteiger partial charge < -0.3 is 9.64 Å². The van der Waals surface area contributed by atoms with Gasteiger partial charge in [0.15, 0.2) is 0 Å². The van der Waals surface area contributed by atoms with Crippen molar-refractivity contribution < 1.29 is 35.9 Å². The van der Waals surface area contributed by atoms with Crippen LogP contribution in [0.25, 0.3) is 0 Å². The van der Waals surface area contributed by atoms with Crippen LogP contribution in [0.2, 0.25) is 0 Å². The maximum atomic E-state index is 13.6. The Labute approximate surface area is 240 Å². The number of piperidine rings is 3. The van der Waals surface area contributed by atoms with Gasteiger partial charge in [-0.3, -0.25) is 9.69 Å². The molecule has 3 aliphatic heterocycles. The van der Waals surface area contributed by atoms with Crippen molar-refractivity contribution in [1.82, 2.24) is 9.80 Å². The fourth-order valence-electron chi connectivity index (χ4n) is 6.54. The summed E-state index contributed by atoms with van der Waals surface area (Å²) in [6, 6.07) is 20.8. The predicted octanol–water partition coefficient (Wildman–Crippen LogP) is 6.85. The Kier molecular flexibility index (Phi) is 8.40. The van der Waals surface area contributed by atoms with Crippen molar-refractivity contribution in [2.45, 2.75) is 43.4 Å². The van der Waals surface area contributed by atoms with Crippen LogP contribution in [0.3, 0.4) is 0 Å². The molecule has 3 aromatic carbocycles. The maximum Gasteiger partial charge on any atom is 0.416 e. The van der Waals surface area contributed by atoms with Crippen LogP contribution in [0, 0.1) is 11.8 Å². The maximum absolute atomic E-state index is 13.6. The molecule has 0 spiro atoms. The number of alkyl halides is 6. The summed E-state index contributed by atoms with van der Waals surface area (Å²) in [6.45, 7) is 0.728. The summed E-state index contributed by atoms with van der Waals surface area (Å²) < 4.78 is 87.7. The van der Waals surface area contributed by atoms with Gasteiger partial charge in [0, 0.05) is 38.5 Å². The van der Waals surface area contributed by atoms with Gasteiger partial charge in [-0.15, -0.1) is 0 Å². The van der Waals surface area contributed by atoms with E-state index in [2.05, 4.69) is 4.90 Å². The molecule has 0 radical (unpaired) electrons. The van der Waals surface area contributed by atoms with Crippen LogP contribution in [-0.2, 0) is 28.5 Å². The van der Waals surface area contributed by atoms with Gasteiger partial charge in [-0.1, -0.05) is 60.7 Å². The number of benzene rings is 3. The van der Waals surface area contributed by atoms with Crippen molar-refractivity contribution in [3.63, 3.8) is 0 Å². The minimum absolute atomic E-state index is 0.0776. The third-order valence-corrected chi connectivity index (χ3v) is 8.38. The van der Waals surface area contributed by atoms with Crippen molar-refractivity contribution in [3.05, 3.63) is 107 Å². The topological polar surface area (TPSA) is 32.8 Å². The highest BCUT2D eigenvalue weighted by Crippen LogP contribution is 2.46. The number of halogens is 6. The Balaban J connectivity index is 1.56. The Hall–Kier alpha value is -3.37. The summed E-state index contributed by atoms with van der Waals surface area (Å²) >= 11 is 0. The second-order valence-electron chi connectivity index (χ2n) is 11.3. The average molecular weight is 591 g/mol. The van der Waals surface area contributed by atoms with E-state index in [1.165, 1.54) is 4.90 Å². The van der Waals surface area contributed by atoms with E-state index in [0.29, 0.717) is 31.6 Å². The molecule has 3 aromatic rings. The molecule has 0 aromatic heterocycles. The largest absolute Gasteiger partial charge is 0.416 e. The van der Waals surface area contributed by atoms with E-state index in [1.807, 2.05) is 60.7 Å². The van der Waals surface area contributed by atoms with Crippen molar-refractivity contribution >= 4 is 5.91 Å². The highest BCUT2D eigenvalue weighted by Gasteiger charge is 2.53. The SMILES string of the molecule is CN(C)C(=O)[C@H]1CN2CC[C@@H]1[C@H](OCc1cc(C(F)(F)F)cc(C(F)(F)F)c1)[C@H]2C(c1ccccc1)c1ccccc1. The predicted molar refractivity (Wildman–Crippen MR) is 145 cm³/mol. The van der Waals surface area contributed by atoms with Crippen LogP contribution in [0.15, 0.2) is 78.9 Å². The Morgan fingerprint density at radius 2 is 1.40 bits per heavy atom. The molecule has 3 aliphatic rings. The van der Waals surface area contributed by atoms with Crippen molar-refractivity contribution in [1.29, 1.82) is 0 Å². The van der Waals surface area contributed by atoms with Gasteiger partial charge in [-0.2, -0.15) is 26.3 Å². The Morgan fingerprint density at radius 1 is 0.881 bits per heavy atom. The second kappa shape index (κ2) is 11.7. The fourth-order valence-corrected chi connectivity index (χ4v) is 6.54. The van der Waals surface area contributed by atoms with Gasteiger partial charge in [0.2, 0.25) is 5.91 Å². The first kappa shape index (κ1) is 30.1. The number of ether oxygens (including phenoxy) is 1. The normalized spacial score (nSPS) is 24.2. The first-order valence-corrected chi connectivity index (χ1v) is 13.8. The van der Waals surface area contributed by atoms with Gasteiger partial charge in [0.1, 0.15) is 0 Å². The molecule has 3 saturated heterocycles. The van der Waals surface area contributed by atoms with Crippen LogP contribution in [0.5, 0.6) is 0 Å². The minimum atomic E-state index is -4.96. The lowest BCUT2D eigenvalue weighted by molar-refractivity contribution is -0.166. The van der Waals surface area contributed by atoms with Gasteiger partial charge in [0.05, 0.1) is 29.8 Å². The van der Waals surface area contributed by atoms with E-state index in [4.69, 9.17) is 4.74 Å². The molecule has 1 unspecified atom stereocenters. The number of hydrogen-bond acceptors (Lipinski definition) is 3. The third-order valence-electron chi connectivity index (χ3n) is 8.38. The number of rotatable bonds is 7. The Morgan fingerprint density at radius 3 is 1.88 bits per heavy atom. The van der Waals surface area contributed by atoms with Crippen molar-refractivity contribution in [2.24, 2.45) is 11.8 Å². The zero-order chi connectivity index (χ0) is 30.2. The van der Waals surface area contributed by atoms with Crippen molar-refractivity contribution in [2.75, 3.05) is 27.2 Å². The monoisotopic (exact) mass is 590 g/mol. The summed E-state index contributed by atoms with van der Waals surface area (Å²) in [5.74, 6) is -0.957. The van der Waals surface area contributed by atoms with Crippen LogP contribution in [-0.4, -0.2) is 55.0 Å². The molecule has 3 fully saturated rings. The third kappa shape index (κ3) is 6.20. The molecular weight excluding hydrogens is 558 g/mol. The molecule has 224 valence electrons. The zero-order valence-electron chi connectivity index (χ0n) is 23.2. The number of hydrogen-bond donors (Lipinski definition) is 0. The number of nitrogens with zero attached hydrogens (tertiary/aromatic N) is 2.